The van der Waals surface area contributed by atoms with E-state index < -0.39 is 12.8 Å². The minimum absolute atomic E-state index is 0.0106. The lowest BCUT2D eigenvalue weighted by molar-refractivity contribution is -0.153. The smallest absolute Gasteiger partial charge is 0.422 e. The molecule has 0 aliphatic heterocycles. The molecule has 0 aliphatic rings. The van der Waals surface area contributed by atoms with Crippen LogP contribution in [0.4, 0.5) is 18.9 Å². The van der Waals surface area contributed by atoms with E-state index in [-0.39, 0.29) is 23.5 Å². The molecule has 0 aliphatic carbocycles. The van der Waals surface area contributed by atoms with Crippen LogP contribution in [0.25, 0.3) is 4.96 Å². The van der Waals surface area contributed by atoms with Crippen molar-refractivity contribution in [3.05, 3.63) is 56.4 Å². The first-order chi connectivity index (χ1) is 12.2. The number of thiazole rings is 1. The predicted octanol–water partition coefficient (Wildman–Crippen LogP) is 4.27. The van der Waals surface area contributed by atoms with Gasteiger partial charge in [0.05, 0.1) is 17.9 Å². The first kappa shape index (κ1) is 18.5. The molecule has 0 atom stereocenters. The Balaban J connectivity index is 1.81. The molecular formula is C16H13ClF3N3O2S. The first-order valence-corrected chi connectivity index (χ1v) is 8.68. The largest absolute Gasteiger partial charge is 0.482 e. The third-order valence-corrected chi connectivity index (χ3v) is 4.60. The van der Waals surface area contributed by atoms with Crippen molar-refractivity contribution in [3.63, 3.8) is 0 Å². The number of anilines is 1. The number of alkyl halides is 3. The van der Waals surface area contributed by atoms with Crippen LogP contribution in [0.15, 0.2) is 34.4 Å². The van der Waals surface area contributed by atoms with E-state index in [2.05, 4.69) is 10.3 Å². The molecule has 2 heterocycles. The van der Waals surface area contributed by atoms with Crippen molar-refractivity contribution in [1.29, 1.82) is 0 Å². The zero-order valence-electron chi connectivity index (χ0n) is 13.4. The quantitative estimate of drug-likeness (QED) is 0.691. The zero-order chi connectivity index (χ0) is 18.9. The highest BCUT2D eigenvalue weighted by Gasteiger charge is 2.28. The highest BCUT2D eigenvalue weighted by molar-refractivity contribution is 7.15. The molecule has 0 saturated carbocycles. The maximum absolute atomic E-state index is 12.4. The van der Waals surface area contributed by atoms with E-state index >= 15 is 0 Å². The molecule has 0 unspecified atom stereocenters. The molecule has 3 aromatic rings. The third-order valence-electron chi connectivity index (χ3n) is 3.42. The van der Waals surface area contributed by atoms with E-state index in [1.54, 1.807) is 6.92 Å². The Bertz CT molecular complexity index is 1000. The fourth-order valence-electron chi connectivity index (χ4n) is 2.30. The predicted molar refractivity (Wildman–Crippen MR) is 94.4 cm³/mol. The number of hydrogen-bond donors (Lipinski definition) is 1. The zero-order valence-corrected chi connectivity index (χ0v) is 15.0. The Kier molecular flexibility index (Phi) is 5.10. The molecule has 2 aromatic heterocycles. The summed E-state index contributed by atoms with van der Waals surface area (Å²) in [4.78, 5) is 17.1. The van der Waals surface area contributed by atoms with Gasteiger partial charge in [0, 0.05) is 22.2 Å². The normalized spacial score (nSPS) is 11.7. The SMILES string of the molecule is Cc1csc2nc(CNc3cc(Cl)ccc3OCC(F)(F)F)cc(=O)n12. The van der Waals surface area contributed by atoms with Gasteiger partial charge in [0.25, 0.3) is 5.56 Å². The second-order valence-corrected chi connectivity index (χ2v) is 6.75. The summed E-state index contributed by atoms with van der Waals surface area (Å²) in [5, 5.41) is 5.08. The van der Waals surface area contributed by atoms with Gasteiger partial charge < -0.3 is 10.1 Å². The molecule has 1 aromatic carbocycles. The molecule has 3 rings (SSSR count). The number of benzene rings is 1. The van der Waals surface area contributed by atoms with Gasteiger partial charge in [-0.25, -0.2) is 4.98 Å². The minimum atomic E-state index is -4.45. The Hall–Kier alpha value is -2.26. The fraction of sp³-hybridized carbons (Fsp3) is 0.250. The van der Waals surface area contributed by atoms with Crippen LogP contribution in [0.3, 0.4) is 0 Å². The summed E-state index contributed by atoms with van der Waals surface area (Å²) >= 11 is 7.24. The summed E-state index contributed by atoms with van der Waals surface area (Å²) in [6.07, 6.45) is -4.45. The lowest BCUT2D eigenvalue weighted by Crippen LogP contribution is -2.20. The number of aromatic nitrogens is 2. The molecule has 0 radical (unpaired) electrons. The second kappa shape index (κ2) is 7.16. The van der Waals surface area contributed by atoms with Crippen molar-refractivity contribution < 1.29 is 17.9 Å². The van der Waals surface area contributed by atoms with Gasteiger partial charge in [-0.2, -0.15) is 13.2 Å². The number of fused-ring (bicyclic) bond motifs is 1. The highest BCUT2D eigenvalue weighted by atomic mass is 35.5. The van der Waals surface area contributed by atoms with Crippen molar-refractivity contribution in [2.75, 3.05) is 11.9 Å². The third kappa shape index (κ3) is 4.28. The van der Waals surface area contributed by atoms with Gasteiger partial charge in [0.2, 0.25) is 0 Å². The van der Waals surface area contributed by atoms with Gasteiger partial charge in [-0.05, 0) is 25.1 Å². The Morgan fingerprint density at radius 3 is 2.85 bits per heavy atom. The van der Waals surface area contributed by atoms with Crippen molar-refractivity contribution in [2.45, 2.75) is 19.6 Å². The maximum Gasteiger partial charge on any atom is 0.422 e. The minimum Gasteiger partial charge on any atom is -0.482 e. The summed E-state index contributed by atoms with van der Waals surface area (Å²) < 4.78 is 43.4. The van der Waals surface area contributed by atoms with Crippen LogP contribution in [0.1, 0.15) is 11.4 Å². The summed E-state index contributed by atoms with van der Waals surface area (Å²) in [5.41, 5.74) is 1.31. The van der Waals surface area contributed by atoms with Crippen molar-refractivity contribution in [1.82, 2.24) is 9.38 Å². The van der Waals surface area contributed by atoms with Crippen LogP contribution in [0, 0.1) is 6.92 Å². The van der Waals surface area contributed by atoms with Gasteiger partial charge in [0.1, 0.15) is 5.75 Å². The highest BCUT2D eigenvalue weighted by Crippen LogP contribution is 2.30. The first-order valence-electron chi connectivity index (χ1n) is 7.43. The number of nitrogens with zero attached hydrogens (tertiary/aromatic N) is 2. The molecule has 10 heteroatoms. The van der Waals surface area contributed by atoms with Crippen LogP contribution in [0.2, 0.25) is 5.02 Å². The molecule has 0 bridgehead atoms. The van der Waals surface area contributed by atoms with Crippen LogP contribution in [0.5, 0.6) is 5.75 Å². The molecule has 26 heavy (non-hydrogen) atoms. The number of hydrogen-bond acceptors (Lipinski definition) is 5. The molecule has 0 fully saturated rings. The van der Waals surface area contributed by atoms with E-state index in [4.69, 9.17) is 16.3 Å². The van der Waals surface area contributed by atoms with Crippen LogP contribution < -0.4 is 15.6 Å². The number of ether oxygens (including phenoxy) is 1. The van der Waals surface area contributed by atoms with E-state index in [1.807, 2.05) is 5.38 Å². The van der Waals surface area contributed by atoms with Gasteiger partial charge in [0.15, 0.2) is 11.6 Å². The van der Waals surface area contributed by atoms with Gasteiger partial charge >= 0.3 is 6.18 Å². The molecule has 0 spiro atoms. The Morgan fingerprint density at radius 1 is 1.35 bits per heavy atom. The standard InChI is InChI=1S/C16H13ClF3N3O2S/c1-9-7-26-15-22-11(5-14(24)23(9)15)6-21-12-4-10(17)2-3-13(12)25-8-16(18,19)20/h2-5,7,21H,6,8H2,1H3. The fourth-order valence-corrected chi connectivity index (χ4v) is 3.37. The van der Waals surface area contributed by atoms with Crippen LogP contribution in [-0.4, -0.2) is 22.2 Å². The van der Waals surface area contributed by atoms with E-state index in [0.717, 1.165) is 5.69 Å². The number of nitrogens with one attached hydrogen (secondary N) is 1. The van der Waals surface area contributed by atoms with Crippen molar-refractivity contribution in [3.8, 4) is 5.75 Å². The lowest BCUT2D eigenvalue weighted by Gasteiger charge is -2.14. The average molecular weight is 404 g/mol. The molecule has 5 nitrogen and oxygen atoms in total. The van der Waals surface area contributed by atoms with Crippen molar-refractivity contribution >= 4 is 33.6 Å². The number of rotatable bonds is 5. The van der Waals surface area contributed by atoms with Crippen molar-refractivity contribution in [2.24, 2.45) is 0 Å². The average Bonchev–Trinajstić information content (AvgIpc) is 2.93. The second-order valence-electron chi connectivity index (χ2n) is 5.48. The molecule has 0 amide bonds. The summed E-state index contributed by atoms with van der Waals surface area (Å²) in [6.45, 7) is 0.523. The van der Waals surface area contributed by atoms with Crippen LogP contribution >= 0.6 is 22.9 Å². The molecule has 1 N–H and O–H groups in total. The molecular weight excluding hydrogens is 391 g/mol. The van der Waals surface area contributed by atoms with Crippen LogP contribution in [-0.2, 0) is 6.54 Å². The monoisotopic (exact) mass is 403 g/mol. The summed E-state index contributed by atoms with van der Waals surface area (Å²) in [6, 6.07) is 5.61. The number of aryl methyl sites for hydroxylation is 1. The Labute approximate surface area is 155 Å². The van der Waals surface area contributed by atoms with Gasteiger partial charge in [-0.15, -0.1) is 11.3 Å². The van der Waals surface area contributed by atoms with E-state index in [0.29, 0.717) is 15.7 Å². The Morgan fingerprint density at radius 2 is 2.12 bits per heavy atom. The van der Waals surface area contributed by atoms with Gasteiger partial charge in [-0.1, -0.05) is 11.6 Å². The molecule has 138 valence electrons. The number of halogens is 4. The maximum atomic E-state index is 12.4. The summed E-state index contributed by atoms with van der Waals surface area (Å²) in [7, 11) is 0. The topological polar surface area (TPSA) is 55.6 Å². The lowest BCUT2D eigenvalue weighted by atomic mass is 10.2. The summed E-state index contributed by atoms with van der Waals surface area (Å²) in [5.74, 6) is 0.0106. The molecule has 0 saturated heterocycles. The van der Waals surface area contributed by atoms with E-state index in [9.17, 15) is 18.0 Å². The van der Waals surface area contributed by atoms with Gasteiger partial charge in [-0.3, -0.25) is 9.20 Å². The van der Waals surface area contributed by atoms with E-state index in [1.165, 1.54) is 40.0 Å².